The number of hydrazine groups is 1. The molecule has 9 nitrogen and oxygen atoms in total. The van der Waals surface area contributed by atoms with Crippen molar-refractivity contribution >= 4 is 23.8 Å². The summed E-state index contributed by atoms with van der Waals surface area (Å²) in [5.74, 6) is -2.19. The van der Waals surface area contributed by atoms with E-state index in [1.165, 1.54) is 0 Å². The third-order valence-electron chi connectivity index (χ3n) is 2.42. The van der Waals surface area contributed by atoms with E-state index in [0.717, 1.165) is 11.2 Å². The van der Waals surface area contributed by atoms with Crippen molar-refractivity contribution in [2.45, 2.75) is 6.42 Å². The van der Waals surface area contributed by atoms with Gasteiger partial charge in [-0.15, -0.1) is 0 Å². The SMILES string of the molecule is O=C1CC(=O)N(C(=O)NN2CCNC2=O)C=C1O. The van der Waals surface area contributed by atoms with Crippen LogP contribution in [0, 0.1) is 0 Å². The Balaban J connectivity index is 2.07. The van der Waals surface area contributed by atoms with Crippen LogP contribution in [-0.4, -0.2) is 51.9 Å². The molecule has 2 aliphatic rings. The van der Waals surface area contributed by atoms with Gasteiger partial charge >= 0.3 is 12.1 Å². The molecular weight excluding hydrogens is 244 g/mol. The number of rotatable bonds is 1. The van der Waals surface area contributed by atoms with Crippen LogP contribution in [0.1, 0.15) is 6.42 Å². The molecule has 0 spiro atoms. The largest absolute Gasteiger partial charge is 0.503 e. The lowest BCUT2D eigenvalue weighted by Crippen LogP contribution is -2.51. The van der Waals surface area contributed by atoms with Gasteiger partial charge in [-0.05, 0) is 0 Å². The highest BCUT2D eigenvalue weighted by Gasteiger charge is 2.31. The van der Waals surface area contributed by atoms with Crippen molar-refractivity contribution < 1.29 is 24.3 Å². The zero-order valence-corrected chi connectivity index (χ0v) is 9.17. The molecule has 0 saturated carbocycles. The number of ketones is 1. The molecule has 9 heteroatoms. The Labute approximate surface area is 101 Å². The van der Waals surface area contributed by atoms with Gasteiger partial charge < -0.3 is 10.4 Å². The van der Waals surface area contributed by atoms with Gasteiger partial charge in [0.1, 0.15) is 0 Å². The molecule has 1 saturated heterocycles. The average Bonchev–Trinajstić information content (AvgIpc) is 2.69. The number of nitrogens with zero attached hydrogens (tertiary/aromatic N) is 2. The first-order valence-electron chi connectivity index (χ1n) is 5.11. The summed E-state index contributed by atoms with van der Waals surface area (Å²) in [5.41, 5.74) is 2.18. The Morgan fingerprint density at radius 3 is 2.72 bits per heavy atom. The molecule has 0 unspecified atom stereocenters. The minimum absolute atomic E-state index is 0.265. The minimum atomic E-state index is -0.906. The lowest BCUT2D eigenvalue weighted by Gasteiger charge is -2.23. The number of hydrogen-bond acceptors (Lipinski definition) is 5. The standard InChI is InChI=1S/C9H10N4O5/c14-5-3-7(16)12(4-6(5)15)9(18)11-13-2-1-10-8(13)17/h4,15H,1-3H2,(H,10,17)(H,11,18). The summed E-state index contributed by atoms with van der Waals surface area (Å²) in [5, 5.41) is 12.6. The number of aliphatic hydroxyl groups excluding tert-OH is 1. The molecule has 5 amide bonds. The molecule has 2 heterocycles. The molecule has 0 aliphatic carbocycles. The van der Waals surface area contributed by atoms with Gasteiger partial charge in [0.15, 0.2) is 5.76 Å². The summed E-state index contributed by atoms with van der Waals surface area (Å²) in [6.45, 7) is 0.647. The second kappa shape index (κ2) is 4.35. The van der Waals surface area contributed by atoms with E-state index in [2.05, 4.69) is 10.7 Å². The quantitative estimate of drug-likeness (QED) is 0.510. The number of allylic oxidation sites excluding steroid dienone is 1. The highest BCUT2D eigenvalue weighted by Crippen LogP contribution is 2.10. The fraction of sp³-hybridized carbons (Fsp3) is 0.333. The molecule has 96 valence electrons. The first kappa shape index (κ1) is 11.9. The van der Waals surface area contributed by atoms with Crippen LogP contribution in [0.2, 0.25) is 0 Å². The number of imide groups is 1. The molecular formula is C9H10N4O5. The predicted molar refractivity (Wildman–Crippen MR) is 55.8 cm³/mol. The molecule has 0 atom stereocenters. The second-order valence-electron chi connectivity index (χ2n) is 3.68. The fourth-order valence-electron chi connectivity index (χ4n) is 1.50. The summed E-state index contributed by atoms with van der Waals surface area (Å²) in [7, 11) is 0. The molecule has 2 aliphatic heterocycles. The van der Waals surface area contributed by atoms with E-state index in [1.54, 1.807) is 0 Å². The van der Waals surface area contributed by atoms with Gasteiger partial charge in [-0.2, -0.15) is 0 Å². The maximum atomic E-state index is 11.7. The van der Waals surface area contributed by atoms with Crippen molar-refractivity contribution in [2.24, 2.45) is 0 Å². The monoisotopic (exact) mass is 254 g/mol. The minimum Gasteiger partial charge on any atom is -0.503 e. The van der Waals surface area contributed by atoms with E-state index in [0.29, 0.717) is 11.4 Å². The van der Waals surface area contributed by atoms with E-state index in [9.17, 15) is 24.3 Å². The third-order valence-corrected chi connectivity index (χ3v) is 2.42. The van der Waals surface area contributed by atoms with Crippen LogP contribution in [0.4, 0.5) is 9.59 Å². The van der Waals surface area contributed by atoms with Crippen LogP contribution in [-0.2, 0) is 9.59 Å². The molecule has 2 rings (SSSR count). The number of carbonyl (C=O) groups excluding carboxylic acids is 4. The van der Waals surface area contributed by atoms with Crippen LogP contribution in [0.15, 0.2) is 12.0 Å². The molecule has 0 aromatic carbocycles. The van der Waals surface area contributed by atoms with Crippen molar-refractivity contribution in [3.05, 3.63) is 12.0 Å². The van der Waals surface area contributed by atoms with Crippen molar-refractivity contribution in [3.8, 4) is 0 Å². The Morgan fingerprint density at radius 1 is 1.39 bits per heavy atom. The van der Waals surface area contributed by atoms with Crippen LogP contribution in [0.3, 0.4) is 0 Å². The first-order valence-corrected chi connectivity index (χ1v) is 5.11. The van der Waals surface area contributed by atoms with Crippen molar-refractivity contribution in [2.75, 3.05) is 13.1 Å². The summed E-state index contributed by atoms with van der Waals surface area (Å²) < 4.78 is 0. The average molecular weight is 254 g/mol. The van der Waals surface area contributed by atoms with Crippen LogP contribution >= 0.6 is 0 Å². The van der Waals surface area contributed by atoms with Gasteiger partial charge in [0.2, 0.25) is 11.7 Å². The summed E-state index contributed by atoms with van der Waals surface area (Å²) in [6.07, 6.45) is 0.152. The number of nitrogens with one attached hydrogen (secondary N) is 2. The van der Waals surface area contributed by atoms with E-state index in [-0.39, 0.29) is 6.54 Å². The molecule has 18 heavy (non-hydrogen) atoms. The van der Waals surface area contributed by atoms with E-state index in [4.69, 9.17) is 0 Å². The molecule has 0 aromatic heterocycles. The fourth-order valence-corrected chi connectivity index (χ4v) is 1.50. The Kier molecular flexibility index (Phi) is 2.88. The Bertz CT molecular complexity index is 472. The Morgan fingerprint density at radius 2 is 2.11 bits per heavy atom. The van der Waals surface area contributed by atoms with Crippen LogP contribution in [0.25, 0.3) is 0 Å². The lowest BCUT2D eigenvalue weighted by atomic mass is 10.2. The summed E-state index contributed by atoms with van der Waals surface area (Å²) in [6, 6.07) is -1.40. The highest BCUT2D eigenvalue weighted by molar-refractivity contribution is 6.12. The molecule has 1 fully saturated rings. The zero-order chi connectivity index (χ0) is 13.3. The smallest absolute Gasteiger partial charge is 0.347 e. The van der Waals surface area contributed by atoms with Gasteiger partial charge in [-0.3, -0.25) is 9.59 Å². The van der Waals surface area contributed by atoms with Gasteiger partial charge in [-0.25, -0.2) is 24.9 Å². The zero-order valence-electron chi connectivity index (χ0n) is 9.17. The van der Waals surface area contributed by atoms with Gasteiger partial charge in [0.25, 0.3) is 0 Å². The van der Waals surface area contributed by atoms with E-state index in [1.807, 2.05) is 0 Å². The van der Waals surface area contributed by atoms with Crippen molar-refractivity contribution in [3.63, 3.8) is 0 Å². The maximum Gasteiger partial charge on any atom is 0.347 e. The number of aliphatic hydroxyl groups is 1. The van der Waals surface area contributed by atoms with E-state index < -0.39 is 35.9 Å². The number of amides is 5. The summed E-state index contributed by atoms with van der Waals surface area (Å²) >= 11 is 0. The number of Topliss-reactive ketones (excluding diaryl/α,β-unsaturated/α-hetero) is 1. The maximum absolute atomic E-state index is 11.7. The second-order valence-corrected chi connectivity index (χ2v) is 3.68. The van der Waals surface area contributed by atoms with Crippen LogP contribution in [0.5, 0.6) is 0 Å². The Hall–Kier alpha value is -2.58. The van der Waals surface area contributed by atoms with E-state index >= 15 is 0 Å². The molecule has 0 bridgehead atoms. The molecule has 0 radical (unpaired) electrons. The third kappa shape index (κ3) is 2.10. The number of hydrogen-bond donors (Lipinski definition) is 3. The predicted octanol–water partition coefficient (Wildman–Crippen LogP) is -1.16. The summed E-state index contributed by atoms with van der Waals surface area (Å²) in [4.78, 5) is 45.8. The molecule has 3 N–H and O–H groups in total. The van der Waals surface area contributed by atoms with Crippen molar-refractivity contribution in [1.82, 2.24) is 20.7 Å². The highest BCUT2D eigenvalue weighted by atomic mass is 16.3. The molecule has 0 aromatic rings. The number of urea groups is 2. The topological polar surface area (TPSA) is 119 Å². The normalized spacial score (nSPS) is 19.8. The van der Waals surface area contributed by atoms with Crippen molar-refractivity contribution in [1.29, 1.82) is 0 Å². The van der Waals surface area contributed by atoms with Crippen LogP contribution < -0.4 is 10.7 Å². The number of carbonyl (C=O) groups is 4. The van der Waals surface area contributed by atoms with Gasteiger partial charge in [0.05, 0.1) is 19.2 Å². The lowest BCUT2D eigenvalue weighted by molar-refractivity contribution is -0.133. The van der Waals surface area contributed by atoms with Gasteiger partial charge in [0, 0.05) is 6.54 Å². The van der Waals surface area contributed by atoms with Gasteiger partial charge in [-0.1, -0.05) is 0 Å². The first-order chi connectivity index (χ1) is 8.49.